The molecule has 0 unspecified atom stereocenters. The van der Waals surface area contributed by atoms with Crippen LogP contribution in [0.4, 0.5) is 0 Å². The zero-order chi connectivity index (χ0) is 16.9. The van der Waals surface area contributed by atoms with Gasteiger partial charge in [0.15, 0.2) is 0 Å². The largest absolute Gasteiger partial charge is 0.497 e. The molecule has 1 aromatic carbocycles. The number of amides is 1. The van der Waals surface area contributed by atoms with E-state index in [9.17, 15) is 4.79 Å². The Morgan fingerprint density at radius 3 is 2.58 bits per heavy atom. The van der Waals surface area contributed by atoms with Gasteiger partial charge in [0.05, 0.1) is 13.2 Å². The molecule has 1 aliphatic carbocycles. The lowest BCUT2D eigenvalue weighted by atomic mass is 9.78. The van der Waals surface area contributed by atoms with Crippen molar-refractivity contribution < 1.29 is 9.53 Å². The predicted octanol–water partition coefficient (Wildman–Crippen LogP) is 3.42. The van der Waals surface area contributed by atoms with Gasteiger partial charge in [-0.25, -0.2) is 0 Å². The van der Waals surface area contributed by atoms with Gasteiger partial charge < -0.3 is 15.8 Å². The number of halogens is 1. The van der Waals surface area contributed by atoms with Gasteiger partial charge in [0, 0.05) is 12.0 Å². The number of hydrogen-bond acceptors (Lipinski definition) is 3. The number of ether oxygens (including phenoxy) is 1. The standard InChI is InChI=1S/C19H30N2O2.ClH/c1-14(2)11-17(20)18(22)21-13-19(9-4-5-10-19)15-7-6-8-16(12-15)23-3;/h6-8,12,14,17H,4-5,9-11,13,20H2,1-3H3,(H,21,22);1H/t17-;/m0./s1. The summed E-state index contributed by atoms with van der Waals surface area (Å²) < 4.78 is 5.36. The van der Waals surface area contributed by atoms with Gasteiger partial charge in [-0.05, 0) is 42.9 Å². The molecule has 0 radical (unpaired) electrons. The van der Waals surface area contributed by atoms with E-state index in [2.05, 4.69) is 31.3 Å². The number of methoxy groups -OCH3 is 1. The lowest BCUT2D eigenvalue weighted by molar-refractivity contribution is -0.123. The quantitative estimate of drug-likeness (QED) is 0.788. The molecule has 0 bridgehead atoms. The molecule has 3 N–H and O–H groups in total. The smallest absolute Gasteiger partial charge is 0.236 e. The number of hydrogen-bond donors (Lipinski definition) is 2. The molecule has 1 aliphatic rings. The first kappa shape index (κ1) is 20.8. The van der Waals surface area contributed by atoms with E-state index in [-0.39, 0.29) is 23.7 Å². The lowest BCUT2D eigenvalue weighted by Gasteiger charge is -2.31. The third-order valence-electron chi connectivity index (χ3n) is 4.91. The van der Waals surface area contributed by atoms with Crippen molar-refractivity contribution in [3.8, 4) is 5.75 Å². The van der Waals surface area contributed by atoms with Crippen molar-refractivity contribution in [2.45, 2.75) is 57.4 Å². The second-order valence-corrected chi connectivity index (χ2v) is 7.17. The molecular weight excluding hydrogens is 324 g/mol. The van der Waals surface area contributed by atoms with Crippen molar-refractivity contribution in [1.29, 1.82) is 0 Å². The minimum absolute atomic E-state index is 0. The monoisotopic (exact) mass is 354 g/mol. The minimum atomic E-state index is -0.418. The summed E-state index contributed by atoms with van der Waals surface area (Å²) in [4.78, 5) is 12.3. The maximum Gasteiger partial charge on any atom is 0.236 e. The van der Waals surface area contributed by atoms with Crippen LogP contribution in [0.3, 0.4) is 0 Å². The predicted molar refractivity (Wildman–Crippen MR) is 101 cm³/mol. The SMILES string of the molecule is COc1cccc(C2(CNC(=O)[C@@H](N)CC(C)C)CCCC2)c1.Cl. The van der Waals surface area contributed by atoms with E-state index in [1.165, 1.54) is 18.4 Å². The summed E-state index contributed by atoms with van der Waals surface area (Å²) in [5.41, 5.74) is 7.27. The summed E-state index contributed by atoms with van der Waals surface area (Å²) in [5, 5.41) is 3.10. The van der Waals surface area contributed by atoms with Crippen LogP contribution in [0.2, 0.25) is 0 Å². The molecule has 5 heteroatoms. The number of carbonyl (C=O) groups excluding carboxylic acids is 1. The first-order chi connectivity index (χ1) is 11.0. The van der Waals surface area contributed by atoms with Crippen LogP contribution in [-0.2, 0) is 10.2 Å². The molecule has 0 heterocycles. The van der Waals surface area contributed by atoms with E-state index in [0.717, 1.165) is 25.0 Å². The average Bonchev–Trinajstić information content (AvgIpc) is 3.02. The molecule has 2 rings (SSSR count). The van der Waals surface area contributed by atoms with Crippen molar-refractivity contribution in [3.63, 3.8) is 0 Å². The molecule has 136 valence electrons. The van der Waals surface area contributed by atoms with Crippen LogP contribution in [0.5, 0.6) is 5.75 Å². The molecule has 0 saturated heterocycles. The third kappa shape index (κ3) is 5.12. The van der Waals surface area contributed by atoms with Crippen molar-refractivity contribution in [1.82, 2.24) is 5.32 Å². The molecule has 1 saturated carbocycles. The Bertz CT molecular complexity index is 528. The van der Waals surface area contributed by atoms with E-state index < -0.39 is 6.04 Å². The van der Waals surface area contributed by atoms with Gasteiger partial charge in [0.2, 0.25) is 5.91 Å². The maximum atomic E-state index is 12.3. The van der Waals surface area contributed by atoms with Crippen LogP contribution in [0.1, 0.15) is 51.5 Å². The number of nitrogens with one attached hydrogen (secondary N) is 1. The van der Waals surface area contributed by atoms with E-state index in [0.29, 0.717) is 12.5 Å². The Morgan fingerprint density at radius 1 is 1.33 bits per heavy atom. The van der Waals surface area contributed by atoms with E-state index in [1.54, 1.807) is 7.11 Å². The zero-order valence-electron chi connectivity index (χ0n) is 15.0. The van der Waals surface area contributed by atoms with Crippen molar-refractivity contribution in [2.24, 2.45) is 11.7 Å². The highest BCUT2D eigenvalue weighted by Gasteiger charge is 2.36. The van der Waals surface area contributed by atoms with Crippen LogP contribution in [0.15, 0.2) is 24.3 Å². The van der Waals surface area contributed by atoms with Gasteiger partial charge in [0.1, 0.15) is 5.75 Å². The van der Waals surface area contributed by atoms with Gasteiger partial charge in [-0.15, -0.1) is 12.4 Å². The Balaban J connectivity index is 0.00000288. The van der Waals surface area contributed by atoms with Crippen LogP contribution >= 0.6 is 12.4 Å². The highest BCUT2D eigenvalue weighted by Crippen LogP contribution is 2.41. The van der Waals surface area contributed by atoms with E-state index in [1.807, 2.05) is 12.1 Å². The van der Waals surface area contributed by atoms with E-state index in [4.69, 9.17) is 10.5 Å². The van der Waals surface area contributed by atoms with Gasteiger partial charge in [-0.2, -0.15) is 0 Å². The average molecular weight is 355 g/mol. The minimum Gasteiger partial charge on any atom is -0.497 e. The van der Waals surface area contributed by atoms with E-state index >= 15 is 0 Å². The lowest BCUT2D eigenvalue weighted by Crippen LogP contribution is -2.46. The van der Waals surface area contributed by atoms with Crippen LogP contribution in [-0.4, -0.2) is 25.6 Å². The van der Waals surface area contributed by atoms with Crippen molar-refractivity contribution >= 4 is 18.3 Å². The second kappa shape index (κ2) is 9.28. The number of nitrogens with two attached hydrogens (primary N) is 1. The van der Waals surface area contributed by atoms with Gasteiger partial charge in [-0.3, -0.25) is 4.79 Å². The zero-order valence-corrected chi connectivity index (χ0v) is 15.8. The molecule has 1 fully saturated rings. The fraction of sp³-hybridized carbons (Fsp3) is 0.632. The van der Waals surface area contributed by atoms with Crippen LogP contribution in [0.25, 0.3) is 0 Å². The number of rotatable bonds is 7. The first-order valence-corrected chi connectivity index (χ1v) is 8.65. The summed E-state index contributed by atoms with van der Waals surface area (Å²) in [6.07, 6.45) is 5.31. The number of benzene rings is 1. The van der Waals surface area contributed by atoms with Crippen LogP contribution in [0, 0.1) is 5.92 Å². The topological polar surface area (TPSA) is 64.3 Å². The summed E-state index contributed by atoms with van der Waals surface area (Å²) in [7, 11) is 1.69. The molecule has 1 aromatic rings. The normalized spacial score (nSPS) is 17.2. The fourth-order valence-electron chi connectivity index (χ4n) is 3.57. The Hall–Kier alpha value is -1.26. The fourth-order valence-corrected chi connectivity index (χ4v) is 3.57. The molecule has 0 spiro atoms. The Labute approximate surface area is 151 Å². The molecule has 1 atom stereocenters. The summed E-state index contributed by atoms with van der Waals surface area (Å²) in [6.45, 7) is 4.83. The highest BCUT2D eigenvalue weighted by molar-refractivity contribution is 5.85. The Kier molecular flexibility index (Phi) is 8.04. The second-order valence-electron chi connectivity index (χ2n) is 7.17. The third-order valence-corrected chi connectivity index (χ3v) is 4.91. The highest BCUT2D eigenvalue weighted by atomic mass is 35.5. The summed E-state index contributed by atoms with van der Waals surface area (Å²) in [5.74, 6) is 1.26. The maximum absolute atomic E-state index is 12.3. The van der Waals surface area contributed by atoms with Gasteiger partial charge in [-0.1, -0.05) is 38.8 Å². The van der Waals surface area contributed by atoms with Crippen LogP contribution < -0.4 is 15.8 Å². The molecule has 4 nitrogen and oxygen atoms in total. The van der Waals surface area contributed by atoms with Crippen molar-refractivity contribution in [3.05, 3.63) is 29.8 Å². The molecule has 24 heavy (non-hydrogen) atoms. The molecule has 0 aromatic heterocycles. The van der Waals surface area contributed by atoms with Crippen molar-refractivity contribution in [2.75, 3.05) is 13.7 Å². The molecule has 0 aliphatic heterocycles. The molecule has 1 amide bonds. The van der Waals surface area contributed by atoms with Gasteiger partial charge >= 0.3 is 0 Å². The number of carbonyl (C=O) groups is 1. The van der Waals surface area contributed by atoms with Gasteiger partial charge in [0.25, 0.3) is 0 Å². The Morgan fingerprint density at radius 2 is 2.00 bits per heavy atom. The summed E-state index contributed by atoms with van der Waals surface area (Å²) in [6, 6.07) is 7.82. The molecular formula is C19H31ClN2O2. The first-order valence-electron chi connectivity index (χ1n) is 8.65. The summed E-state index contributed by atoms with van der Waals surface area (Å²) >= 11 is 0.